The van der Waals surface area contributed by atoms with Gasteiger partial charge in [0.15, 0.2) is 0 Å². The maximum absolute atomic E-state index is 11.3. The maximum Gasteiger partial charge on any atom is 0.239 e. The zero-order valence-corrected chi connectivity index (χ0v) is 9.58. The van der Waals surface area contributed by atoms with Crippen LogP contribution in [0.2, 0.25) is 0 Å². The van der Waals surface area contributed by atoms with Gasteiger partial charge >= 0.3 is 0 Å². The lowest BCUT2D eigenvalue weighted by Crippen LogP contribution is -2.30. The van der Waals surface area contributed by atoms with E-state index >= 15 is 0 Å². The van der Waals surface area contributed by atoms with Crippen LogP contribution in [0, 0.1) is 6.92 Å². The van der Waals surface area contributed by atoms with Crippen LogP contribution in [-0.2, 0) is 4.79 Å². The molecule has 0 atom stereocenters. The van der Waals surface area contributed by atoms with Gasteiger partial charge in [0, 0.05) is 12.6 Å². The predicted molar refractivity (Wildman–Crippen MR) is 63.0 cm³/mol. The molecule has 0 aliphatic rings. The van der Waals surface area contributed by atoms with Crippen molar-refractivity contribution in [3.05, 3.63) is 11.9 Å². The number of anilines is 2. The molecule has 0 aliphatic carbocycles. The lowest BCUT2D eigenvalue weighted by Gasteiger charge is -2.07. The van der Waals surface area contributed by atoms with E-state index in [1.54, 1.807) is 13.0 Å². The third-order valence-electron chi connectivity index (χ3n) is 1.86. The normalized spacial score (nSPS) is 9.88. The Kier molecular flexibility index (Phi) is 4.50. The molecule has 1 amide bonds. The summed E-state index contributed by atoms with van der Waals surface area (Å²) < 4.78 is 0. The molecule has 1 aromatic rings. The number of rotatable bonds is 5. The minimum atomic E-state index is -0.0586. The second-order valence-electron chi connectivity index (χ2n) is 3.43. The average molecular weight is 223 g/mol. The second-order valence-corrected chi connectivity index (χ2v) is 3.43. The minimum Gasteiger partial charge on any atom is -0.384 e. The van der Waals surface area contributed by atoms with Crippen molar-refractivity contribution in [3.63, 3.8) is 0 Å². The number of aromatic nitrogens is 2. The molecule has 0 fully saturated rings. The van der Waals surface area contributed by atoms with Gasteiger partial charge in [0.25, 0.3) is 0 Å². The zero-order chi connectivity index (χ0) is 12.0. The largest absolute Gasteiger partial charge is 0.384 e. The molecule has 6 nitrogen and oxygen atoms in total. The van der Waals surface area contributed by atoms with Crippen molar-refractivity contribution in [1.82, 2.24) is 15.3 Å². The number of carbonyl (C=O) groups is 1. The minimum absolute atomic E-state index is 0.0586. The standard InChI is InChI=1S/C10H17N5O/c1-3-4-12-10(16)6-13-9-5-8(11)14-7(2)15-9/h5H,3-4,6H2,1-2H3,(H,12,16)(H3,11,13,14,15). The van der Waals surface area contributed by atoms with Gasteiger partial charge in [-0.1, -0.05) is 6.92 Å². The van der Waals surface area contributed by atoms with Gasteiger partial charge in [-0.3, -0.25) is 4.79 Å². The molecular formula is C10H17N5O. The first kappa shape index (κ1) is 12.2. The highest BCUT2D eigenvalue weighted by Gasteiger charge is 2.02. The highest BCUT2D eigenvalue weighted by atomic mass is 16.1. The smallest absolute Gasteiger partial charge is 0.239 e. The molecule has 0 aromatic carbocycles. The number of nitrogen functional groups attached to an aromatic ring is 1. The molecule has 0 radical (unpaired) electrons. The van der Waals surface area contributed by atoms with E-state index in [0.717, 1.165) is 6.42 Å². The van der Waals surface area contributed by atoms with E-state index < -0.39 is 0 Å². The Hall–Kier alpha value is -1.85. The molecule has 6 heteroatoms. The van der Waals surface area contributed by atoms with Gasteiger partial charge < -0.3 is 16.4 Å². The van der Waals surface area contributed by atoms with Gasteiger partial charge in [0.1, 0.15) is 17.5 Å². The van der Waals surface area contributed by atoms with Gasteiger partial charge in [-0.15, -0.1) is 0 Å². The van der Waals surface area contributed by atoms with E-state index in [9.17, 15) is 4.79 Å². The Morgan fingerprint density at radius 3 is 2.88 bits per heavy atom. The molecule has 16 heavy (non-hydrogen) atoms. The first-order valence-corrected chi connectivity index (χ1v) is 5.23. The third-order valence-corrected chi connectivity index (χ3v) is 1.86. The summed E-state index contributed by atoms with van der Waals surface area (Å²) in [5.74, 6) is 1.48. The number of nitrogens with zero attached hydrogens (tertiary/aromatic N) is 2. The second kappa shape index (κ2) is 5.89. The Morgan fingerprint density at radius 1 is 1.50 bits per heavy atom. The Bertz CT molecular complexity index is 346. The van der Waals surface area contributed by atoms with Crippen molar-refractivity contribution >= 4 is 17.5 Å². The van der Waals surface area contributed by atoms with E-state index in [1.807, 2.05) is 6.92 Å². The summed E-state index contributed by atoms with van der Waals surface area (Å²) in [6.45, 7) is 4.63. The van der Waals surface area contributed by atoms with Crippen LogP contribution in [-0.4, -0.2) is 29.0 Å². The zero-order valence-electron chi connectivity index (χ0n) is 9.58. The van der Waals surface area contributed by atoms with Gasteiger partial charge in [0.05, 0.1) is 6.54 Å². The van der Waals surface area contributed by atoms with Crippen LogP contribution >= 0.6 is 0 Å². The van der Waals surface area contributed by atoms with Crippen LogP contribution in [0.3, 0.4) is 0 Å². The highest BCUT2D eigenvalue weighted by Crippen LogP contribution is 2.06. The summed E-state index contributed by atoms with van der Waals surface area (Å²) in [5, 5.41) is 5.65. The first-order valence-electron chi connectivity index (χ1n) is 5.23. The number of aryl methyl sites for hydroxylation is 1. The average Bonchev–Trinajstić information content (AvgIpc) is 2.22. The van der Waals surface area contributed by atoms with Gasteiger partial charge in [-0.2, -0.15) is 0 Å². The molecule has 1 aromatic heterocycles. The molecule has 1 heterocycles. The fraction of sp³-hybridized carbons (Fsp3) is 0.500. The monoisotopic (exact) mass is 223 g/mol. The fourth-order valence-corrected chi connectivity index (χ4v) is 1.18. The Labute approximate surface area is 94.7 Å². The summed E-state index contributed by atoms with van der Waals surface area (Å²) in [5.41, 5.74) is 5.55. The number of nitrogens with two attached hydrogens (primary N) is 1. The van der Waals surface area contributed by atoms with Gasteiger partial charge in [0.2, 0.25) is 5.91 Å². The van der Waals surface area contributed by atoms with E-state index in [0.29, 0.717) is 24.0 Å². The fourth-order valence-electron chi connectivity index (χ4n) is 1.18. The Balaban J connectivity index is 2.45. The van der Waals surface area contributed by atoms with Crippen LogP contribution in [0.5, 0.6) is 0 Å². The van der Waals surface area contributed by atoms with E-state index in [-0.39, 0.29) is 12.5 Å². The number of nitrogens with one attached hydrogen (secondary N) is 2. The quantitative estimate of drug-likeness (QED) is 0.668. The van der Waals surface area contributed by atoms with Crippen LogP contribution < -0.4 is 16.4 Å². The first-order chi connectivity index (χ1) is 7.61. The third kappa shape index (κ3) is 4.12. The van der Waals surface area contributed by atoms with E-state index in [2.05, 4.69) is 20.6 Å². The van der Waals surface area contributed by atoms with Crippen molar-refractivity contribution in [2.45, 2.75) is 20.3 Å². The summed E-state index contributed by atoms with van der Waals surface area (Å²) in [6, 6.07) is 1.60. The maximum atomic E-state index is 11.3. The van der Waals surface area contributed by atoms with Gasteiger partial charge in [-0.05, 0) is 13.3 Å². The van der Waals surface area contributed by atoms with Crippen LogP contribution in [0.15, 0.2) is 6.07 Å². The number of hydrogen-bond acceptors (Lipinski definition) is 5. The summed E-state index contributed by atoms with van der Waals surface area (Å²) in [4.78, 5) is 19.3. The molecule has 0 saturated heterocycles. The number of amides is 1. The lowest BCUT2D eigenvalue weighted by atomic mass is 10.4. The molecule has 0 aliphatic heterocycles. The summed E-state index contributed by atoms with van der Waals surface area (Å²) >= 11 is 0. The van der Waals surface area contributed by atoms with Crippen molar-refractivity contribution in [3.8, 4) is 0 Å². The van der Waals surface area contributed by atoms with Crippen LogP contribution in [0.4, 0.5) is 11.6 Å². The summed E-state index contributed by atoms with van der Waals surface area (Å²) in [6.07, 6.45) is 0.922. The van der Waals surface area contributed by atoms with Crippen LogP contribution in [0.1, 0.15) is 19.2 Å². The van der Waals surface area contributed by atoms with Gasteiger partial charge in [-0.25, -0.2) is 9.97 Å². The molecular weight excluding hydrogens is 206 g/mol. The SMILES string of the molecule is CCCNC(=O)CNc1cc(N)nc(C)n1. The Morgan fingerprint density at radius 2 is 2.25 bits per heavy atom. The molecule has 4 N–H and O–H groups in total. The molecule has 1 rings (SSSR count). The van der Waals surface area contributed by atoms with Crippen LogP contribution in [0.25, 0.3) is 0 Å². The molecule has 0 bridgehead atoms. The lowest BCUT2D eigenvalue weighted by molar-refractivity contribution is -0.119. The van der Waals surface area contributed by atoms with E-state index in [1.165, 1.54) is 0 Å². The molecule has 88 valence electrons. The summed E-state index contributed by atoms with van der Waals surface area (Å²) in [7, 11) is 0. The van der Waals surface area contributed by atoms with Crippen molar-refractivity contribution in [1.29, 1.82) is 0 Å². The van der Waals surface area contributed by atoms with Crippen molar-refractivity contribution in [2.75, 3.05) is 24.1 Å². The van der Waals surface area contributed by atoms with Crippen molar-refractivity contribution in [2.24, 2.45) is 0 Å². The van der Waals surface area contributed by atoms with E-state index in [4.69, 9.17) is 5.73 Å². The topological polar surface area (TPSA) is 92.9 Å². The number of hydrogen-bond donors (Lipinski definition) is 3. The predicted octanol–water partition coefficient (Wildman–Crippen LogP) is 0.305. The highest BCUT2D eigenvalue weighted by molar-refractivity contribution is 5.80. The van der Waals surface area contributed by atoms with Crippen molar-refractivity contribution < 1.29 is 4.79 Å². The molecule has 0 saturated carbocycles. The molecule has 0 unspecified atom stereocenters. The number of carbonyl (C=O) groups excluding carboxylic acids is 1. The molecule has 0 spiro atoms.